The van der Waals surface area contributed by atoms with E-state index in [1.54, 1.807) is 0 Å². The highest BCUT2D eigenvalue weighted by Gasteiger charge is 2.40. The average Bonchev–Trinajstić information content (AvgIpc) is 3.00. The van der Waals surface area contributed by atoms with Crippen LogP contribution in [0.25, 0.3) is 0 Å². The molecule has 3 unspecified atom stereocenters. The highest BCUT2D eigenvalue weighted by molar-refractivity contribution is 5.96. The van der Waals surface area contributed by atoms with Crippen molar-refractivity contribution < 1.29 is 4.79 Å². The van der Waals surface area contributed by atoms with E-state index >= 15 is 0 Å². The second-order valence-electron chi connectivity index (χ2n) is 7.36. The van der Waals surface area contributed by atoms with Gasteiger partial charge in [0, 0.05) is 12.0 Å². The largest absolute Gasteiger partial charge is 0.294 e. The van der Waals surface area contributed by atoms with Gasteiger partial charge in [0.15, 0.2) is 5.78 Å². The predicted octanol–water partition coefficient (Wildman–Crippen LogP) is 4.89. The van der Waals surface area contributed by atoms with Crippen LogP contribution in [0.2, 0.25) is 0 Å². The van der Waals surface area contributed by atoms with Gasteiger partial charge in [-0.05, 0) is 61.0 Å². The van der Waals surface area contributed by atoms with Crippen molar-refractivity contribution >= 4 is 5.78 Å². The lowest BCUT2D eigenvalue weighted by Crippen LogP contribution is -2.15. The fourth-order valence-electron chi connectivity index (χ4n) is 4.33. The molecule has 1 aromatic carbocycles. The molecule has 108 valence electrons. The predicted molar refractivity (Wildman–Crippen MR) is 82.9 cm³/mol. The summed E-state index contributed by atoms with van der Waals surface area (Å²) in [7, 11) is 0. The molecular formula is C19H26O. The first-order chi connectivity index (χ1) is 9.61. The van der Waals surface area contributed by atoms with Gasteiger partial charge in [0.05, 0.1) is 0 Å². The Balaban J connectivity index is 1.65. The maximum Gasteiger partial charge on any atom is 0.163 e. The molecule has 0 amide bonds. The standard InChI is InChI=1S/C19H26O/c1-13(2)8-14-4-3-5-17(10-14)19(20)12-18-11-15-6-7-16(18)9-15/h3-5,10,13,15-16,18H,6-9,11-12H2,1-2H3. The smallest absolute Gasteiger partial charge is 0.163 e. The molecule has 0 saturated heterocycles. The third-order valence-corrected chi connectivity index (χ3v) is 5.23. The number of carbonyl (C=O) groups excluding carboxylic acids is 1. The molecule has 0 N–H and O–H groups in total. The quantitative estimate of drug-likeness (QED) is 0.696. The van der Waals surface area contributed by atoms with Gasteiger partial charge in [-0.2, -0.15) is 0 Å². The van der Waals surface area contributed by atoms with E-state index in [1.807, 2.05) is 12.1 Å². The van der Waals surface area contributed by atoms with Crippen LogP contribution in [-0.2, 0) is 6.42 Å². The molecule has 1 heteroatoms. The third kappa shape index (κ3) is 2.97. The van der Waals surface area contributed by atoms with Gasteiger partial charge in [-0.15, -0.1) is 0 Å². The second-order valence-corrected chi connectivity index (χ2v) is 7.36. The lowest BCUT2D eigenvalue weighted by Gasteiger charge is -2.20. The Morgan fingerprint density at radius 3 is 2.75 bits per heavy atom. The topological polar surface area (TPSA) is 17.1 Å². The maximum atomic E-state index is 12.5. The van der Waals surface area contributed by atoms with Crippen molar-refractivity contribution in [3.05, 3.63) is 35.4 Å². The van der Waals surface area contributed by atoms with Crippen molar-refractivity contribution in [1.29, 1.82) is 0 Å². The van der Waals surface area contributed by atoms with Gasteiger partial charge < -0.3 is 0 Å². The third-order valence-electron chi connectivity index (χ3n) is 5.23. The Hall–Kier alpha value is -1.11. The summed E-state index contributed by atoms with van der Waals surface area (Å²) in [6.07, 6.45) is 7.34. The van der Waals surface area contributed by atoms with Crippen molar-refractivity contribution in [3.63, 3.8) is 0 Å². The summed E-state index contributed by atoms with van der Waals surface area (Å²) in [6, 6.07) is 8.31. The highest BCUT2D eigenvalue weighted by atomic mass is 16.1. The Labute approximate surface area is 122 Å². The van der Waals surface area contributed by atoms with Crippen LogP contribution in [0.3, 0.4) is 0 Å². The van der Waals surface area contributed by atoms with Gasteiger partial charge >= 0.3 is 0 Å². The molecule has 0 aliphatic heterocycles. The molecule has 2 saturated carbocycles. The van der Waals surface area contributed by atoms with Gasteiger partial charge in [0.1, 0.15) is 0 Å². The minimum absolute atomic E-state index is 0.369. The number of hydrogen-bond acceptors (Lipinski definition) is 1. The van der Waals surface area contributed by atoms with Gasteiger partial charge in [-0.3, -0.25) is 4.79 Å². The zero-order valence-corrected chi connectivity index (χ0v) is 12.8. The number of rotatable bonds is 5. The van der Waals surface area contributed by atoms with E-state index in [4.69, 9.17) is 0 Å². The lowest BCUT2D eigenvalue weighted by molar-refractivity contribution is 0.0944. The average molecular weight is 270 g/mol. The monoisotopic (exact) mass is 270 g/mol. The minimum Gasteiger partial charge on any atom is -0.294 e. The zero-order valence-electron chi connectivity index (χ0n) is 12.8. The van der Waals surface area contributed by atoms with Gasteiger partial charge in [0.2, 0.25) is 0 Å². The molecule has 2 bridgehead atoms. The molecule has 0 heterocycles. The van der Waals surface area contributed by atoms with Crippen LogP contribution in [-0.4, -0.2) is 5.78 Å². The first-order valence-corrected chi connectivity index (χ1v) is 8.24. The summed E-state index contributed by atoms with van der Waals surface area (Å²) >= 11 is 0. The highest BCUT2D eigenvalue weighted by Crippen LogP contribution is 2.49. The second kappa shape index (κ2) is 5.71. The van der Waals surface area contributed by atoms with Gasteiger partial charge in [0.25, 0.3) is 0 Å². The van der Waals surface area contributed by atoms with Crippen LogP contribution in [0.5, 0.6) is 0 Å². The van der Waals surface area contributed by atoms with Crippen molar-refractivity contribution in [2.24, 2.45) is 23.7 Å². The fraction of sp³-hybridized carbons (Fsp3) is 0.632. The minimum atomic E-state index is 0.369. The summed E-state index contributed by atoms with van der Waals surface area (Å²) in [6.45, 7) is 4.45. The summed E-state index contributed by atoms with van der Waals surface area (Å²) in [4.78, 5) is 12.5. The Kier molecular flexibility index (Phi) is 3.96. The summed E-state index contributed by atoms with van der Waals surface area (Å²) < 4.78 is 0. The summed E-state index contributed by atoms with van der Waals surface area (Å²) in [5, 5.41) is 0. The molecule has 1 aromatic rings. The molecule has 20 heavy (non-hydrogen) atoms. The number of ketones is 1. The van der Waals surface area contributed by atoms with Crippen molar-refractivity contribution in [1.82, 2.24) is 0 Å². The van der Waals surface area contributed by atoms with Gasteiger partial charge in [-0.25, -0.2) is 0 Å². The maximum absolute atomic E-state index is 12.5. The molecule has 1 nitrogen and oxygen atoms in total. The van der Waals surface area contributed by atoms with Crippen LogP contribution in [0.1, 0.15) is 61.9 Å². The van der Waals surface area contributed by atoms with Crippen LogP contribution in [0, 0.1) is 23.7 Å². The molecule has 0 aromatic heterocycles. The first kappa shape index (κ1) is 13.9. The molecule has 3 rings (SSSR count). The van der Waals surface area contributed by atoms with E-state index < -0.39 is 0 Å². The Morgan fingerprint density at radius 1 is 1.25 bits per heavy atom. The zero-order chi connectivity index (χ0) is 14.1. The number of benzene rings is 1. The van der Waals surface area contributed by atoms with E-state index in [0.717, 1.165) is 30.2 Å². The van der Waals surface area contributed by atoms with Crippen molar-refractivity contribution in [3.8, 4) is 0 Å². The van der Waals surface area contributed by atoms with E-state index in [9.17, 15) is 4.79 Å². The lowest BCUT2D eigenvalue weighted by atomic mass is 9.84. The molecule has 2 aliphatic rings. The number of hydrogen-bond donors (Lipinski definition) is 0. The van der Waals surface area contributed by atoms with Gasteiger partial charge in [-0.1, -0.05) is 38.5 Å². The van der Waals surface area contributed by atoms with Crippen LogP contribution >= 0.6 is 0 Å². The normalized spacial score (nSPS) is 28.2. The van der Waals surface area contributed by atoms with Crippen molar-refractivity contribution in [2.75, 3.05) is 0 Å². The summed E-state index contributed by atoms with van der Waals surface area (Å²) in [5.41, 5.74) is 2.24. The number of Topliss-reactive ketones (excluding diaryl/α,β-unsaturated/α-hetero) is 1. The molecule has 0 spiro atoms. The van der Waals surface area contributed by atoms with E-state index in [1.165, 1.54) is 31.2 Å². The van der Waals surface area contributed by atoms with Crippen LogP contribution in [0.4, 0.5) is 0 Å². The molecule has 2 fully saturated rings. The molecular weight excluding hydrogens is 244 g/mol. The van der Waals surface area contributed by atoms with Crippen LogP contribution in [0.15, 0.2) is 24.3 Å². The first-order valence-electron chi connectivity index (χ1n) is 8.24. The summed E-state index contributed by atoms with van der Waals surface area (Å²) in [5.74, 6) is 3.47. The molecule has 3 atom stereocenters. The Morgan fingerprint density at radius 2 is 2.10 bits per heavy atom. The molecule has 0 radical (unpaired) electrons. The number of carbonyl (C=O) groups is 1. The molecule has 2 aliphatic carbocycles. The Bertz CT molecular complexity index is 488. The van der Waals surface area contributed by atoms with E-state index in [2.05, 4.69) is 26.0 Å². The van der Waals surface area contributed by atoms with Crippen molar-refractivity contribution in [2.45, 2.75) is 52.4 Å². The van der Waals surface area contributed by atoms with E-state index in [0.29, 0.717) is 17.6 Å². The SMILES string of the molecule is CC(C)Cc1cccc(C(=O)CC2CC3CCC2C3)c1. The fourth-order valence-corrected chi connectivity index (χ4v) is 4.33. The number of fused-ring (bicyclic) bond motifs is 2. The van der Waals surface area contributed by atoms with Crippen LogP contribution < -0.4 is 0 Å². The van der Waals surface area contributed by atoms with E-state index in [-0.39, 0.29) is 0 Å².